The minimum Gasteiger partial charge on any atom is -0.459 e. The van der Waals surface area contributed by atoms with Gasteiger partial charge in [-0.15, -0.1) is 0 Å². The molecule has 0 atom stereocenters. The predicted molar refractivity (Wildman–Crippen MR) is 105 cm³/mol. The van der Waals surface area contributed by atoms with Gasteiger partial charge in [-0.05, 0) is 36.4 Å². The van der Waals surface area contributed by atoms with Crippen LogP contribution in [0.2, 0.25) is 0 Å². The van der Waals surface area contributed by atoms with Crippen LogP contribution in [0.15, 0.2) is 82.8 Å². The first-order chi connectivity index (χ1) is 14.4. The smallest absolute Gasteiger partial charge is 0.291 e. The van der Waals surface area contributed by atoms with Crippen molar-refractivity contribution in [3.05, 3.63) is 90.7 Å². The number of carbonyl (C=O) groups excluding carboxylic acids is 1. The summed E-state index contributed by atoms with van der Waals surface area (Å²) in [5, 5.41) is 6.37. The first-order valence-electron chi connectivity index (χ1n) is 8.74. The number of halogens is 1. The van der Waals surface area contributed by atoms with Crippen LogP contribution >= 0.6 is 0 Å². The summed E-state index contributed by atoms with van der Waals surface area (Å²) < 4.78 is 46.0. The highest BCUT2D eigenvalue weighted by molar-refractivity contribution is 7.90. The second-order valence-electron chi connectivity index (χ2n) is 6.31. The van der Waals surface area contributed by atoms with Crippen molar-refractivity contribution in [1.29, 1.82) is 0 Å². The Bertz CT molecular complexity index is 1290. The van der Waals surface area contributed by atoms with Crippen molar-refractivity contribution in [3.63, 3.8) is 0 Å². The zero-order chi connectivity index (χ0) is 21.1. The molecule has 30 heavy (non-hydrogen) atoms. The topological polar surface area (TPSA) is 107 Å². The molecule has 0 fully saturated rings. The number of sulfone groups is 1. The van der Waals surface area contributed by atoms with Crippen molar-refractivity contribution in [2.24, 2.45) is 0 Å². The molecular weight excluding hydrogens is 411 g/mol. The molecule has 0 aliphatic rings. The lowest BCUT2D eigenvalue weighted by molar-refractivity contribution is 0.0996. The lowest BCUT2D eigenvalue weighted by Crippen LogP contribution is -2.15. The molecule has 4 aromatic rings. The largest absolute Gasteiger partial charge is 0.459 e. The zero-order valence-corrected chi connectivity index (χ0v) is 16.2. The minimum absolute atomic E-state index is 0.142. The summed E-state index contributed by atoms with van der Waals surface area (Å²) >= 11 is 0. The van der Waals surface area contributed by atoms with Gasteiger partial charge in [0.15, 0.2) is 21.4 Å². The fourth-order valence-electron chi connectivity index (χ4n) is 2.86. The van der Waals surface area contributed by atoms with E-state index in [4.69, 9.17) is 4.42 Å². The van der Waals surface area contributed by atoms with Crippen molar-refractivity contribution in [2.75, 3.05) is 5.32 Å². The SMILES string of the molecule is O=C(Nc1ccc(-n2cncn2)c(F)c1)c1occc1CS(=O)(=O)c1ccccc1. The Morgan fingerprint density at radius 3 is 2.63 bits per heavy atom. The molecule has 4 rings (SSSR count). The molecule has 152 valence electrons. The molecule has 2 aromatic carbocycles. The van der Waals surface area contributed by atoms with Crippen molar-refractivity contribution in [3.8, 4) is 5.69 Å². The van der Waals surface area contributed by atoms with Gasteiger partial charge < -0.3 is 9.73 Å². The van der Waals surface area contributed by atoms with Crippen LogP contribution in [0.1, 0.15) is 16.1 Å². The van der Waals surface area contributed by atoms with Gasteiger partial charge in [-0.25, -0.2) is 22.5 Å². The van der Waals surface area contributed by atoms with Crippen LogP contribution in [0.4, 0.5) is 10.1 Å². The number of carbonyl (C=O) groups is 1. The number of benzene rings is 2. The molecule has 0 aliphatic heterocycles. The highest BCUT2D eigenvalue weighted by Crippen LogP contribution is 2.22. The summed E-state index contributed by atoms with van der Waals surface area (Å²) in [5.74, 6) is -1.87. The highest BCUT2D eigenvalue weighted by atomic mass is 32.2. The van der Waals surface area contributed by atoms with Gasteiger partial charge in [0.1, 0.15) is 18.3 Å². The summed E-state index contributed by atoms with van der Waals surface area (Å²) in [4.78, 5) is 16.5. The van der Waals surface area contributed by atoms with Crippen molar-refractivity contribution >= 4 is 21.4 Å². The Labute approximate surface area is 170 Å². The van der Waals surface area contributed by atoms with Gasteiger partial charge in [0, 0.05) is 11.3 Å². The normalized spacial score (nSPS) is 11.4. The van der Waals surface area contributed by atoms with E-state index in [1.165, 1.54) is 53.9 Å². The number of aromatic nitrogens is 3. The average Bonchev–Trinajstić information content (AvgIpc) is 3.41. The summed E-state index contributed by atoms with van der Waals surface area (Å²) in [7, 11) is -3.67. The Hall–Kier alpha value is -3.79. The van der Waals surface area contributed by atoms with E-state index in [0.29, 0.717) is 0 Å². The van der Waals surface area contributed by atoms with Crippen molar-refractivity contribution in [2.45, 2.75) is 10.6 Å². The number of hydrogen-bond donors (Lipinski definition) is 1. The Morgan fingerprint density at radius 2 is 1.93 bits per heavy atom. The van der Waals surface area contributed by atoms with Gasteiger partial charge in [-0.2, -0.15) is 5.10 Å². The third-order valence-electron chi connectivity index (χ3n) is 4.27. The van der Waals surface area contributed by atoms with Gasteiger partial charge in [0.2, 0.25) is 0 Å². The summed E-state index contributed by atoms with van der Waals surface area (Å²) in [6, 6.07) is 13.4. The predicted octanol–water partition coefficient (Wildman–Crippen LogP) is 3.23. The van der Waals surface area contributed by atoms with E-state index in [0.717, 1.165) is 6.07 Å². The van der Waals surface area contributed by atoms with Crippen LogP contribution < -0.4 is 5.32 Å². The first-order valence-corrected chi connectivity index (χ1v) is 10.4. The number of nitrogens with zero attached hydrogens (tertiary/aromatic N) is 3. The molecule has 0 radical (unpaired) electrons. The van der Waals surface area contributed by atoms with Crippen LogP contribution in [0, 0.1) is 5.82 Å². The van der Waals surface area contributed by atoms with Crippen LogP contribution in [-0.2, 0) is 15.6 Å². The van der Waals surface area contributed by atoms with Crippen LogP contribution in [0.3, 0.4) is 0 Å². The van der Waals surface area contributed by atoms with Gasteiger partial charge in [0.05, 0.1) is 16.9 Å². The maximum absolute atomic E-state index is 14.4. The van der Waals surface area contributed by atoms with Gasteiger partial charge in [-0.3, -0.25) is 4.79 Å². The third-order valence-corrected chi connectivity index (χ3v) is 5.95. The van der Waals surface area contributed by atoms with E-state index < -0.39 is 27.3 Å². The molecule has 0 saturated carbocycles. The number of nitrogens with one attached hydrogen (secondary N) is 1. The third kappa shape index (κ3) is 3.98. The molecule has 1 amide bonds. The van der Waals surface area contributed by atoms with Gasteiger partial charge in [-0.1, -0.05) is 18.2 Å². The van der Waals surface area contributed by atoms with E-state index >= 15 is 0 Å². The fourth-order valence-corrected chi connectivity index (χ4v) is 4.23. The number of amides is 1. The summed E-state index contributed by atoms with van der Waals surface area (Å²) in [5.41, 5.74) is 0.545. The molecule has 10 heteroatoms. The quantitative estimate of drug-likeness (QED) is 0.507. The van der Waals surface area contributed by atoms with Crippen LogP contribution in [0.25, 0.3) is 5.69 Å². The van der Waals surface area contributed by atoms with E-state index in [9.17, 15) is 17.6 Å². The molecule has 2 heterocycles. The fraction of sp³-hybridized carbons (Fsp3) is 0.0500. The first kappa shape index (κ1) is 19.5. The summed E-state index contributed by atoms with van der Waals surface area (Å²) in [6.45, 7) is 0. The van der Waals surface area contributed by atoms with E-state index in [1.807, 2.05) is 0 Å². The van der Waals surface area contributed by atoms with Crippen molar-refractivity contribution < 1.29 is 22.0 Å². The van der Waals surface area contributed by atoms with Crippen LogP contribution in [-0.4, -0.2) is 29.1 Å². The Morgan fingerprint density at radius 1 is 1.13 bits per heavy atom. The highest BCUT2D eigenvalue weighted by Gasteiger charge is 2.22. The molecule has 2 aromatic heterocycles. The molecule has 0 spiro atoms. The standard InChI is InChI=1S/C20H15FN4O4S/c21-17-10-15(6-7-18(17)25-13-22-12-23-25)24-20(26)19-14(8-9-29-19)11-30(27,28)16-4-2-1-3-5-16/h1-10,12-13H,11H2,(H,24,26). The molecule has 8 nitrogen and oxygen atoms in total. The summed E-state index contributed by atoms with van der Waals surface area (Å²) in [6.07, 6.45) is 3.86. The molecule has 0 aliphatic carbocycles. The van der Waals surface area contributed by atoms with Gasteiger partial charge in [0.25, 0.3) is 5.91 Å². The van der Waals surface area contributed by atoms with E-state index in [-0.39, 0.29) is 27.6 Å². The second kappa shape index (κ2) is 7.91. The second-order valence-corrected chi connectivity index (χ2v) is 8.30. The monoisotopic (exact) mass is 426 g/mol. The zero-order valence-electron chi connectivity index (χ0n) is 15.4. The molecular formula is C20H15FN4O4S. The maximum atomic E-state index is 14.4. The Balaban J connectivity index is 1.53. The number of furan rings is 1. The lowest BCUT2D eigenvalue weighted by atomic mass is 10.2. The maximum Gasteiger partial charge on any atom is 0.291 e. The number of hydrogen-bond acceptors (Lipinski definition) is 6. The minimum atomic E-state index is -3.67. The number of anilines is 1. The van der Waals surface area contributed by atoms with E-state index in [1.54, 1.807) is 18.2 Å². The molecule has 1 N–H and O–H groups in total. The van der Waals surface area contributed by atoms with Gasteiger partial charge >= 0.3 is 0 Å². The average molecular weight is 426 g/mol. The molecule has 0 unspecified atom stereocenters. The molecule has 0 saturated heterocycles. The van der Waals surface area contributed by atoms with Crippen LogP contribution in [0.5, 0.6) is 0 Å². The number of rotatable bonds is 6. The Kier molecular flexibility index (Phi) is 5.15. The van der Waals surface area contributed by atoms with E-state index in [2.05, 4.69) is 15.4 Å². The van der Waals surface area contributed by atoms with Crippen molar-refractivity contribution in [1.82, 2.24) is 14.8 Å². The lowest BCUT2D eigenvalue weighted by Gasteiger charge is -2.08. The molecule has 0 bridgehead atoms.